The van der Waals surface area contributed by atoms with Gasteiger partial charge in [-0.3, -0.25) is 0 Å². The Hall–Kier alpha value is -2.10. The van der Waals surface area contributed by atoms with Gasteiger partial charge in [0.15, 0.2) is 0 Å². The van der Waals surface area contributed by atoms with Gasteiger partial charge >= 0.3 is 0 Å². The van der Waals surface area contributed by atoms with E-state index >= 15 is 0 Å². The minimum Gasteiger partial charge on any atom is -0.389 e. The molecule has 2 atom stereocenters. The van der Waals surface area contributed by atoms with Crippen LogP contribution in [0.1, 0.15) is 18.1 Å². The van der Waals surface area contributed by atoms with E-state index in [9.17, 15) is 5.11 Å². The van der Waals surface area contributed by atoms with Crippen molar-refractivity contribution in [1.82, 2.24) is 4.57 Å². The predicted octanol–water partition coefficient (Wildman–Crippen LogP) is 2.99. The summed E-state index contributed by atoms with van der Waals surface area (Å²) in [6.45, 7) is 3.80. The Kier molecular flexibility index (Phi) is 3.32. The predicted molar refractivity (Wildman–Crippen MR) is 86.1 cm³/mol. The average molecular weight is 280 g/mol. The van der Waals surface area contributed by atoms with Gasteiger partial charge in [0.2, 0.25) is 0 Å². The molecule has 0 amide bonds. The van der Waals surface area contributed by atoms with Crippen LogP contribution in [0.4, 0.5) is 0 Å². The van der Waals surface area contributed by atoms with Crippen molar-refractivity contribution in [2.24, 2.45) is 5.73 Å². The van der Waals surface area contributed by atoms with Crippen LogP contribution in [-0.2, 0) is 5.66 Å². The van der Waals surface area contributed by atoms with Crippen LogP contribution < -0.4 is 5.73 Å². The molecule has 1 heterocycles. The molecular formula is C18H20N2O. The van der Waals surface area contributed by atoms with Crippen LogP contribution in [0.25, 0.3) is 10.9 Å². The van der Waals surface area contributed by atoms with Gasteiger partial charge in [-0.25, -0.2) is 0 Å². The first kappa shape index (κ1) is 13.9. The first-order valence-electron chi connectivity index (χ1n) is 7.15. The normalized spacial score (nSPS) is 15.8. The summed E-state index contributed by atoms with van der Waals surface area (Å²) in [5.41, 5.74) is 8.75. The van der Waals surface area contributed by atoms with Crippen molar-refractivity contribution < 1.29 is 5.11 Å². The fourth-order valence-corrected chi connectivity index (χ4v) is 2.94. The van der Waals surface area contributed by atoms with Gasteiger partial charge in [-0.05, 0) is 31.0 Å². The van der Waals surface area contributed by atoms with E-state index in [1.165, 1.54) is 0 Å². The fourth-order valence-electron chi connectivity index (χ4n) is 2.94. The first-order valence-corrected chi connectivity index (χ1v) is 7.15. The van der Waals surface area contributed by atoms with Gasteiger partial charge in [0.1, 0.15) is 5.66 Å². The van der Waals surface area contributed by atoms with E-state index in [2.05, 4.69) is 13.0 Å². The number of hydrogen-bond donors (Lipinski definition) is 2. The smallest absolute Gasteiger partial charge is 0.145 e. The van der Waals surface area contributed by atoms with Crippen molar-refractivity contribution in [3.8, 4) is 0 Å². The number of aryl methyl sites for hydroxylation is 1. The van der Waals surface area contributed by atoms with Crippen LogP contribution in [-0.4, -0.2) is 15.8 Å². The molecule has 3 rings (SSSR count). The third-order valence-electron chi connectivity index (χ3n) is 4.18. The molecule has 3 aromatic rings. The number of aliphatic hydroxyl groups is 1. The van der Waals surface area contributed by atoms with Crippen LogP contribution in [0.5, 0.6) is 0 Å². The van der Waals surface area contributed by atoms with Gasteiger partial charge < -0.3 is 15.4 Å². The second-order valence-electron chi connectivity index (χ2n) is 5.57. The molecule has 21 heavy (non-hydrogen) atoms. The van der Waals surface area contributed by atoms with Crippen molar-refractivity contribution in [1.29, 1.82) is 0 Å². The molecule has 0 aliphatic rings. The SMILES string of the molecule is Cc1cn(C(N)(c2ccccc2)C(C)O)c2ccccc12. The zero-order valence-corrected chi connectivity index (χ0v) is 12.3. The number of fused-ring (bicyclic) bond motifs is 1. The number of hydrogen-bond acceptors (Lipinski definition) is 2. The molecular weight excluding hydrogens is 260 g/mol. The lowest BCUT2D eigenvalue weighted by Gasteiger charge is -2.35. The summed E-state index contributed by atoms with van der Waals surface area (Å²) < 4.78 is 1.98. The van der Waals surface area contributed by atoms with E-state index in [0.29, 0.717) is 0 Å². The minimum absolute atomic E-state index is 0.727. The van der Waals surface area contributed by atoms with Gasteiger partial charge in [0, 0.05) is 11.6 Å². The number of rotatable bonds is 3. The summed E-state index contributed by atoms with van der Waals surface area (Å²) in [5, 5.41) is 11.6. The molecule has 0 aliphatic heterocycles. The largest absolute Gasteiger partial charge is 0.389 e. The molecule has 1 aromatic heterocycles. The summed E-state index contributed by atoms with van der Waals surface area (Å²) in [6.07, 6.45) is 1.29. The topological polar surface area (TPSA) is 51.2 Å². The van der Waals surface area contributed by atoms with Crippen LogP contribution in [0.3, 0.4) is 0 Å². The summed E-state index contributed by atoms with van der Waals surface area (Å²) >= 11 is 0. The molecule has 3 nitrogen and oxygen atoms in total. The van der Waals surface area contributed by atoms with Gasteiger partial charge in [-0.1, -0.05) is 48.5 Å². The maximum Gasteiger partial charge on any atom is 0.145 e. The molecule has 2 unspecified atom stereocenters. The number of nitrogens with two attached hydrogens (primary N) is 1. The number of benzene rings is 2. The molecule has 3 heteroatoms. The van der Waals surface area contributed by atoms with Gasteiger partial charge in [0.25, 0.3) is 0 Å². The van der Waals surface area contributed by atoms with Crippen molar-refractivity contribution in [2.45, 2.75) is 25.6 Å². The molecule has 0 radical (unpaired) electrons. The quantitative estimate of drug-likeness (QED) is 0.775. The Morgan fingerprint density at radius 1 is 1.05 bits per heavy atom. The van der Waals surface area contributed by atoms with Crippen molar-refractivity contribution in [3.05, 3.63) is 71.9 Å². The first-order chi connectivity index (χ1) is 10.0. The highest BCUT2D eigenvalue weighted by atomic mass is 16.3. The Balaban J connectivity index is 2.31. The summed E-state index contributed by atoms with van der Waals surface area (Å²) in [7, 11) is 0. The molecule has 0 bridgehead atoms. The number of aliphatic hydroxyl groups excluding tert-OH is 1. The van der Waals surface area contributed by atoms with Crippen molar-refractivity contribution in [3.63, 3.8) is 0 Å². The van der Waals surface area contributed by atoms with Crippen LogP contribution in [0.2, 0.25) is 0 Å². The minimum atomic E-state index is -0.991. The lowest BCUT2D eigenvalue weighted by atomic mass is 9.94. The van der Waals surface area contributed by atoms with E-state index in [-0.39, 0.29) is 0 Å². The second kappa shape index (κ2) is 5.02. The maximum absolute atomic E-state index is 10.4. The highest BCUT2D eigenvalue weighted by molar-refractivity contribution is 5.84. The number of nitrogens with zero attached hydrogens (tertiary/aromatic N) is 1. The van der Waals surface area contributed by atoms with E-state index in [4.69, 9.17) is 5.73 Å². The molecule has 0 aliphatic carbocycles. The molecule has 0 saturated heterocycles. The van der Waals surface area contributed by atoms with Crippen molar-refractivity contribution >= 4 is 10.9 Å². The third kappa shape index (κ3) is 2.06. The summed E-state index contributed by atoms with van der Waals surface area (Å²) in [4.78, 5) is 0. The molecule has 108 valence electrons. The molecule has 0 fully saturated rings. The van der Waals surface area contributed by atoms with Crippen molar-refractivity contribution in [2.75, 3.05) is 0 Å². The van der Waals surface area contributed by atoms with E-state index < -0.39 is 11.8 Å². The Morgan fingerprint density at radius 3 is 2.33 bits per heavy atom. The van der Waals surface area contributed by atoms with E-state index in [0.717, 1.165) is 22.0 Å². The highest BCUT2D eigenvalue weighted by Gasteiger charge is 2.35. The molecule has 3 N–H and O–H groups in total. The Labute approximate surface area is 124 Å². The zero-order chi connectivity index (χ0) is 15.0. The number of aromatic nitrogens is 1. The molecule has 2 aromatic carbocycles. The lowest BCUT2D eigenvalue weighted by molar-refractivity contribution is 0.0824. The Bertz CT molecular complexity index is 761. The van der Waals surface area contributed by atoms with Crippen LogP contribution >= 0.6 is 0 Å². The lowest BCUT2D eigenvalue weighted by Crippen LogP contribution is -2.52. The number of para-hydroxylation sites is 1. The van der Waals surface area contributed by atoms with E-state index in [1.54, 1.807) is 6.92 Å². The van der Waals surface area contributed by atoms with Crippen LogP contribution in [0, 0.1) is 6.92 Å². The maximum atomic E-state index is 10.4. The zero-order valence-electron chi connectivity index (χ0n) is 12.3. The third-order valence-corrected chi connectivity index (χ3v) is 4.18. The average Bonchev–Trinajstić information content (AvgIpc) is 2.85. The highest BCUT2D eigenvalue weighted by Crippen LogP contribution is 2.31. The van der Waals surface area contributed by atoms with Gasteiger partial charge in [-0.15, -0.1) is 0 Å². The van der Waals surface area contributed by atoms with E-state index in [1.807, 2.05) is 59.3 Å². The fraction of sp³-hybridized carbons (Fsp3) is 0.222. The molecule has 0 spiro atoms. The van der Waals surface area contributed by atoms with Gasteiger partial charge in [-0.2, -0.15) is 0 Å². The summed E-state index contributed by atoms with van der Waals surface area (Å²) in [5.74, 6) is 0. The summed E-state index contributed by atoms with van der Waals surface area (Å²) in [6, 6.07) is 17.9. The Morgan fingerprint density at radius 2 is 1.67 bits per heavy atom. The monoisotopic (exact) mass is 280 g/mol. The second-order valence-corrected chi connectivity index (χ2v) is 5.57. The molecule has 0 saturated carbocycles. The van der Waals surface area contributed by atoms with Gasteiger partial charge in [0.05, 0.1) is 11.6 Å². The standard InChI is InChI=1S/C18H20N2O/c1-13-12-20(17-11-7-6-10-16(13)17)18(19,14(2)21)15-8-4-3-5-9-15/h3-12,14,21H,19H2,1-2H3. The van der Waals surface area contributed by atoms with Crippen LogP contribution in [0.15, 0.2) is 60.8 Å².